The number of likely N-dealkylation sites (tertiary alicyclic amines) is 1. The molecule has 1 saturated carbocycles. The first-order valence-corrected chi connectivity index (χ1v) is 13.9. The van der Waals surface area contributed by atoms with Crippen molar-refractivity contribution in [1.82, 2.24) is 9.80 Å². The van der Waals surface area contributed by atoms with Crippen molar-refractivity contribution in [3.05, 3.63) is 52.8 Å². The third-order valence-corrected chi connectivity index (χ3v) is 9.17. The maximum atomic E-state index is 14.2. The summed E-state index contributed by atoms with van der Waals surface area (Å²) in [5.41, 5.74) is 0.366. The number of carboxylic acid groups (broad SMARTS) is 1. The van der Waals surface area contributed by atoms with Crippen molar-refractivity contribution in [3.8, 4) is 5.75 Å². The largest absolute Gasteiger partial charge is 0.492 e. The van der Waals surface area contributed by atoms with Gasteiger partial charge in [0.25, 0.3) is 10.0 Å². The summed E-state index contributed by atoms with van der Waals surface area (Å²) < 4.78 is 49.1. The van der Waals surface area contributed by atoms with Crippen LogP contribution in [0.2, 0.25) is 0 Å². The number of ether oxygens (including phenoxy) is 1. The third-order valence-electron chi connectivity index (χ3n) is 7.70. The fourth-order valence-electron chi connectivity index (χ4n) is 5.40. The minimum absolute atomic E-state index is 0.00104. The highest BCUT2D eigenvalue weighted by atomic mass is 32.2. The van der Waals surface area contributed by atoms with Crippen LogP contribution in [0.15, 0.2) is 35.2 Å². The van der Waals surface area contributed by atoms with Crippen LogP contribution in [0.3, 0.4) is 0 Å². The predicted molar refractivity (Wildman–Crippen MR) is 134 cm³/mol. The van der Waals surface area contributed by atoms with Gasteiger partial charge in [0.15, 0.2) is 0 Å². The fraction of sp³-hybridized carbons (Fsp3) is 0.462. The lowest BCUT2D eigenvalue weighted by Crippen LogP contribution is -2.40. The van der Waals surface area contributed by atoms with E-state index in [1.54, 1.807) is 18.0 Å². The Morgan fingerprint density at radius 2 is 2.05 bits per heavy atom. The van der Waals surface area contributed by atoms with Gasteiger partial charge in [0.05, 0.1) is 23.6 Å². The topological polar surface area (TPSA) is 116 Å². The maximum absolute atomic E-state index is 14.2. The summed E-state index contributed by atoms with van der Waals surface area (Å²) in [6, 6.07) is 6.25. The van der Waals surface area contributed by atoms with Gasteiger partial charge in [-0.2, -0.15) is 0 Å². The number of hydrogen-bond donors (Lipinski definition) is 2. The Hall–Kier alpha value is -3.18. The number of halogens is 1. The van der Waals surface area contributed by atoms with E-state index in [-0.39, 0.29) is 51.7 Å². The minimum Gasteiger partial charge on any atom is -0.492 e. The summed E-state index contributed by atoms with van der Waals surface area (Å²) >= 11 is 0. The first-order valence-electron chi connectivity index (χ1n) is 12.4. The molecule has 0 spiro atoms. The Labute approximate surface area is 215 Å². The number of carbonyl (C=O) groups excluding carboxylic acids is 1. The molecule has 9 nitrogen and oxygen atoms in total. The molecule has 11 heteroatoms. The number of aromatic carboxylic acids is 1. The normalized spacial score (nSPS) is 22.5. The first-order chi connectivity index (χ1) is 17.6. The molecule has 2 unspecified atom stereocenters. The average Bonchev–Trinajstić information content (AvgIpc) is 3.49. The Kier molecular flexibility index (Phi) is 6.61. The van der Waals surface area contributed by atoms with Gasteiger partial charge in [-0.25, -0.2) is 17.6 Å². The van der Waals surface area contributed by atoms with Crippen molar-refractivity contribution in [2.75, 3.05) is 38.0 Å². The van der Waals surface area contributed by atoms with Crippen LogP contribution >= 0.6 is 0 Å². The molecule has 1 amide bonds. The van der Waals surface area contributed by atoms with E-state index in [2.05, 4.69) is 9.62 Å². The van der Waals surface area contributed by atoms with Crippen LogP contribution in [0.1, 0.15) is 47.2 Å². The number of carbonyl (C=O) groups is 2. The van der Waals surface area contributed by atoms with Gasteiger partial charge in [-0.1, -0.05) is 13.0 Å². The summed E-state index contributed by atoms with van der Waals surface area (Å²) in [5.74, 6) is -1.54. The third kappa shape index (κ3) is 4.89. The lowest BCUT2D eigenvalue weighted by atomic mass is 10.0. The van der Waals surface area contributed by atoms with Crippen molar-refractivity contribution in [2.24, 2.45) is 5.92 Å². The summed E-state index contributed by atoms with van der Waals surface area (Å²) in [6.45, 7) is 4.93. The van der Waals surface area contributed by atoms with E-state index in [1.807, 2.05) is 6.92 Å². The average molecular weight is 532 g/mol. The number of amides is 1. The van der Waals surface area contributed by atoms with Gasteiger partial charge in [-0.05, 0) is 60.7 Å². The zero-order chi connectivity index (χ0) is 26.5. The maximum Gasteiger partial charge on any atom is 0.341 e. The number of nitrogens with zero attached hydrogens (tertiary/aromatic N) is 2. The summed E-state index contributed by atoms with van der Waals surface area (Å²) in [5, 5.41) is 9.88. The summed E-state index contributed by atoms with van der Waals surface area (Å²) in [6.07, 6.45) is 1.41. The Balaban J connectivity index is 1.42. The number of sulfonamides is 1. The molecular formula is C26H30FN3O6S. The molecule has 3 atom stereocenters. The van der Waals surface area contributed by atoms with Crippen LogP contribution < -0.4 is 9.46 Å². The van der Waals surface area contributed by atoms with Crippen LogP contribution in [0, 0.1) is 11.7 Å². The molecule has 1 aliphatic carbocycles. The molecule has 1 saturated heterocycles. The molecule has 2 heterocycles. The molecule has 2 aromatic carbocycles. The first kappa shape index (κ1) is 25.5. The van der Waals surface area contributed by atoms with Crippen molar-refractivity contribution in [2.45, 2.75) is 43.0 Å². The zero-order valence-corrected chi connectivity index (χ0v) is 21.6. The lowest BCUT2D eigenvalue weighted by Gasteiger charge is -2.25. The highest BCUT2D eigenvalue weighted by Crippen LogP contribution is 2.55. The monoisotopic (exact) mass is 531 g/mol. The number of nitrogens with one attached hydrogen (secondary N) is 1. The number of fused-ring (bicyclic) bond motifs is 3. The van der Waals surface area contributed by atoms with Crippen LogP contribution in [0.25, 0.3) is 0 Å². The molecule has 3 aliphatic rings. The SMILES string of the molecule is CCN1CC[C@H](N(C)C(=O)Cc2cc(F)ccc2S(=O)(=O)Nc2ccc3c(c2C(=O)O)OCC2CC32)C1. The number of likely N-dealkylation sites (N-methyl/N-ethyl adjacent to an activating group) is 2. The quantitative estimate of drug-likeness (QED) is 0.538. The molecule has 2 N–H and O–H groups in total. The molecule has 198 valence electrons. The van der Waals surface area contributed by atoms with E-state index >= 15 is 0 Å². The van der Waals surface area contributed by atoms with Gasteiger partial charge in [-0.3, -0.25) is 9.52 Å². The van der Waals surface area contributed by atoms with E-state index in [4.69, 9.17) is 4.74 Å². The second-order valence-corrected chi connectivity index (χ2v) is 11.7. The van der Waals surface area contributed by atoms with Crippen LogP contribution in [0.5, 0.6) is 5.75 Å². The molecule has 0 bridgehead atoms. The Morgan fingerprint density at radius 1 is 1.27 bits per heavy atom. The van der Waals surface area contributed by atoms with Crippen LogP contribution in [-0.2, 0) is 21.2 Å². The predicted octanol–water partition coefficient (Wildman–Crippen LogP) is 2.92. The van der Waals surface area contributed by atoms with Crippen molar-refractivity contribution in [3.63, 3.8) is 0 Å². The Morgan fingerprint density at radius 3 is 2.76 bits per heavy atom. The highest BCUT2D eigenvalue weighted by molar-refractivity contribution is 7.92. The summed E-state index contributed by atoms with van der Waals surface area (Å²) in [7, 11) is -2.69. The van der Waals surface area contributed by atoms with E-state index in [0.29, 0.717) is 12.5 Å². The van der Waals surface area contributed by atoms with Crippen LogP contribution in [-0.4, -0.2) is 74.5 Å². The van der Waals surface area contributed by atoms with Gasteiger partial charge in [0.2, 0.25) is 5.91 Å². The van der Waals surface area contributed by atoms with E-state index in [1.165, 1.54) is 6.07 Å². The molecule has 2 aromatic rings. The fourth-order valence-corrected chi connectivity index (χ4v) is 6.69. The number of rotatable bonds is 8. The minimum atomic E-state index is -4.36. The van der Waals surface area contributed by atoms with Crippen molar-refractivity contribution >= 4 is 27.6 Å². The number of benzene rings is 2. The lowest BCUT2D eigenvalue weighted by molar-refractivity contribution is -0.131. The van der Waals surface area contributed by atoms with Crippen molar-refractivity contribution in [1.29, 1.82) is 0 Å². The molecule has 37 heavy (non-hydrogen) atoms. The number of hydrogen-bond acceptors (Lipinski definition) is 6. The smallest absolute Gasteiger partial charge is 0.341 e. The highest BCUT2D eigenvalue weighted by Gasteiger charge is 2.45. The molecular weight excluding hydrogens is 501 g/mol. The molecule has 2 fully saturated rings. The molecule has 5 rings (SSSR count). The van der Waals surface area contributed by atoms with Gasteiger partial charge >= 0.3 is 5.97 Å². The number of anilines is 1. The number of carboxylic acids is 1. The zero-order valence-electron chi connectivity index (χ0n) is 20.7. The Bertz CT molecular complexity index is 1360. The van der Waals surface area contributed by atoms with Crippen molar-refractivity contribution < 1.29 is 32.2 Å². The van der Waals surface area contributed by atoms with Gasteiger partial charge < -0.3 is 19.6 Å². The second-order valence-electron chi connectivity index (χ2n) is 10.00. The molecule has 0 radical (unpaired) electrons. The second kappa shape index (κ2) is 9.60. The van der Waals surface area contributed by atoms with Crippen LogP contribution in [0.4, 0.5) is 10.1 Å². The molecule has 2 aliphatic heterocycles. The summed E-state index contributed by atoms with van der Waals surface area (Å²) in [4.78, 5) is 28.7. The standard InChI is InChI=1S/C26H30FN3O6S/c1-3-30-9-8-18(13-30)29(2)23(31)12-15-10-17(27)4-7-22(15)37(34,35)28-21-6-5-19-20-11-16(20)14-36-25(19)24(21)26(32)33/h4-7,10,16,18,20,28H,3,8-9,11-14H2,1-2H3,(H,32,33)/t16?,18-,20?/m0/s1. The van der Waals surface area contributed by atoms with Gasteiger partial charge in [-0.15, -0.1) is 0 Å². The van der Waals surface area contributed by atoms with Gasteiger partial charge in [0.1, 0.15) is 17.1 Å². The van der Waals surface area contributed by atoms with Gasteiger partial charge in [0, 0.05) is 32.1 Å². The van der Waals surface area contributed by atoms with E-state index < -0.39 is 21.8 Å². The molecule has 0 aromatic heterocycles. The van der Waals surface area contributed by atoms with E-state index in [9.17, 15) is 27.5 Å². The van der Waals surface area contributed by atoms with E-state index in [0.717, 1.165) is 56.2 Å².